The number of aromatic nitrogens is 2. The van der Waals surface area contributed by atoms with Gasteiger partial charge in [0.05, 0.1) is 11.3 Å². The summed E-state index contributed by atoms with van der Waals surface area (Å²) in [7, 11) is -2.77. The van der Waals surface area contributed by atoms with Gasteiger partial charge in [0.1, 0.15) is 41.2 Å². The molecule has 3 heterocycles. The maximum Gasteiger partial charge on any atom is 0.402 e. The number of halogens is 4. The molecule has 3 rings (SSSR count). The molecule has 10 nitrogen and oxygen atoms in total. The SMILES string of the molecule is CN1C(N)=N[C@](C)(c2nc(NC(=O)c3ccc(C#N)cn3)ccc2F)C[SH]1(=O)NCC(F)(F)F. The van der Waals surface area contributed by atoms with E-state index in [1.165, 1.54) is 32.3 Å². The van der Waals surface area contributed by atoms with Gasteiger partial charge in [-0.2, -0.15) is 18.4 Å². The molecule has 4 N–H and O–H groups in total. The molecular weight excluding hydrogens is 480 g/mol. The number of thiol groups is 1. The van der Waals surface area contributed by atoms with Gasteiger partial charge in [0, 0.05) is 23.5 Å². The second-order valence-electron chi connectivity index (χ2n) is 7.60. The number of carbonyl (C=O) groups is 1. The largest absolute Gasteiger partial charge is 0.402 e. The molecule has 1 aliphatic heterocycles. The zero-order valence-corrected chi connectivity index (χ0v) is 18.8. The van der Waals surface area contributed by atoms with E-state index in [4.69, 9.17) is 11.0 Å². The molecule has 0 radical (unpaired) electrons. The maximum atomic E-state index is 14.8. The molecule has 0 saturated heterocycles. The number of hydrogen-bond acceptors (Lipinski definition) is 7. The first-order chi connectivity index (χ1) is 15.8. The minimum Gasteiger partial charge on any atom is -0.369 e. The number of pyridine rings is 2. The van der Waals surface area contributed by atoms with Gasteiger partial charge in [-0.25, -0.2) is 24.1 Å². The fourth-order valence-electron chi connectivity index (χ4n) is 3.22. The van der Waals surface area contributed by atoms with Gasteiger partial charge in [-0.15, -0.1) is 0 Å². The fraction of sp³-hybridized carbons (Fsp3) is 0.316. The molecule has 0 aromatic carbocycles. The van der Waals surface area contributed by atoms with Crippen LogP contribution in [0.3, 0.4) is 0 Å². The van der Waals surface area contributed by atoms with Crippen molar-refractivity contribution in [1.82, 2.24) is 19.0 Å². The number of rotatable bonds is 5. The number of aliphatic imine (C=N–C) groups is 1. The molecule has 2 aromatic rings. The van der Waals surface area contributed by atoms with Crippen LogP contribution in [-0.2, 0) is 15.8 Å². The molecule has 0 aliphatic carbocycles. The van der Waals surface area contributed by atoms with E-state index in [0.717, 1.165) is 16.4 Å². The summed E-state index contributed by atoms with van der Waals surface area (Å²) in [5.41, 5.74) is 3.93. The molecule has 0 bridgehead atoms. The van der Waals surface area contributed by atoms with Crippen LogP contribution < -0.4 is 15.8 Å². The standard InChI is InChI=1S/C19H20F4N8O2S/c1-18(10-34(33,27-9-19(21,22)23)31(2)17(25)30-18)15-12(20)4-6-14(28-15)29-16(32)13-5-3-11(7-24)8-26-13/h3-6,8,34H,9-10H2,1-2H3,(H2,25,30)(H,27,33)(H,28,29,32)/t18-/m0/s1. The van der Waals surface area contributed by atoms with Gasteiger partial charge in [0.25, 0.3) is 5.91 Å². The highest BCUT2D eigenvalue weighted by molar-refractivity contribution is 7.99. The summed E-state index contributed by atoms with van der Waals surface area (Å²) in [4.78, 5) is 24.5. The first kappa shape index (κ1) is 25.0. The summed E-state index contributed by atoms with van der Waals surface area (Å²) < 4.78 is 69.2. The van der Waals surface area contributed by atoms with Gasteiger partial charge < -0.3 is 11.1 Å². The Morgan fingerprint density at radius 3 is 2.65 bits per heavy atom. The van der Waals surface area contributed by atoms with Crippen LogP contribution in [0.4, 0.5) is 23.4 Å². The van der Waals surface area contributed by atoms with Crippen LogP contribution in [0.5, 0.6) is 0 Å². The van der Waals surface area contributed by atoms with E-state index in [0.29, 0.717) is 0 Å². The highest BCUT2D eigenvalue weighted by atomic mass is 32.3. The number of alkyl halides is 3. The lowest BCUT2D eigenvalue weighted by atomic mass is 10.00. The van der Waals surface area contributed by atoms with E-state index >= 15 is 0 Å². The number of nitrogens with zero attached hydrogens (tertiary/aromatic N) is 5. The van der Waals surface area contributed by atoms with Gasteiger partial charge in [0.15, 0.2) is 0 Å². The summed E-state index contributed by atoms with van der Waals surface area (Å²) in [6.45, 7) is -0.227. The Bertz CT molecular complexity index is 1230. The predicted molar refractivity (Wildman–Crippen MR) is 116 cm³/mol. The minimum absolute atomic E-state index is 0.0414. The van der Waals surface area contributed by atoms with E-state index in [2.05, 4.69) is 20.3 Å². The third-order valence-electron chi connectivity index (χ3n) is 4.95. The first-order valence-corrected chi connectivity index (χ1v) is 11.5. The molecule has 0 unspecified atom stereocenters. The summed E-state index contributed by atoms with van der Waals surface area (Å²) in [6.07, 6.45) is -3.45. The molecular formula is C19H20F4N8O2S. The molecule has 1 amide bonds. The topological polar surface area (TPSA) is 149 Å². The lowest BCUT2D eigenvalue weighted by Gasteiger charge is -2.44. The number of carbonyl (C=O) groups excluding carboxylic acids is 1. The van der Waals surface area contributed by atoms with E-state index < -0.39 is 46.0 Å². The average Bonchev–Trinajstić information content (AvgIpc) is 2.77. The molecule has 34 heavy (non-hydrogen) atoms. The van der Waals surface area contributed by atoms with Crippen molar-refractivity contribution in [3.63, 3.8) is 0 Å². The second kappa shape index (κ2) is 8.95. The molecule has 1 atom stereocenters. The van der Waals surface area contributed by atoms with Crippen LogP contribution in [0.15, 0.2) is 35.5 Å². The normalized spacial score (nSPS) is 20.7. The van der Waals surface area contributed by atoms with Crippen molar-refractivity contribution < 1.29 is 26.6 Å². The number of amides is 1. The van der Waals surface area contributed by atoms with E-state index in [9.17, 15) is 26.6 Å². The van der Waals surface area contributed by atoms with Crippen molar-refractivity contribution in [2.45, 2.75) is 18.6 Å². The molecule has 0 fully saturated rings. The molecule has 15 heteroatoms. The van der Waals surface area contributed by atoms with Crippen molar-refractivity contribution in [3.8, 4) is 6.07 Å². The van der Waals surface area contributed by atoms with Crippen LogP contribution in [-0.4, -0.2) is 55.9 Å². The molecule has 1 aliphatic rings. The lowest BCUT2D eigenvalue weighted by molar-refractivity contribution is -0.121. The van der Waals surface area contributed by atoms with Gasteiger partial charge in [-0.1, -0.05) is 0 Å². The Morgan fingerprint density at radius 2 is 2.06 bits per heavy atom. The maximum absolute atomic E-state index is 14.8. The Labute approximate surface area is 192 Å². The number of nitrogens with one attached hydrogen (secondary N) is 2. The number of nitriles is 1. The minimum atomic E-state index is -4.65. The summed E-state index contributed by atoms with van der Waals surface area (Å²) in [5, 5.41) is 11.2. The zero-order chi connectivity index (χ0) is 25.3. The summed E-state index contributed by atoms with van der Waals surface area (Å²) in [5.74, 6) is -2.63. The molecule has 2 aromatic heterocycles. The van der Waals surface area contributed by atoms with Gasteiger partial charge in [-0.3, -0.25) is 13.3 Å². The van der Waals surface area contributed by atoms with Crippen molar-refractivity contribution in [2.24, 2.45) is 10.7 Å². The first-order valence-electron chi connectivity index (χ1n) is 9.61. The Morgan fingerprint density at radius 1 is 1.35 bits per heavy atom. The van der Waals surface area contributed by atoms with E-state index in [-0.39, 0.29) is 28.7 Å². The second-order valence-corrected chi connectivity index (χ2v) is 10.2. The molecule has 182 valence electrons. The van der Waals surface area contributed by atoms with Crippen LogP contribution >= 0.6 is 0 Å². The van der Waals surface area contributed by atoms with Crippen LogP contribution in [0, 0.1) is 17.1 Å². The average molecular weight is 500 g/mol. The molecule has 0 saturated carbocycles. The monoisotopic (exact) mass is 500 g/mol. The Hall–Kier alpha value is -3.64. The molecule has 0 spiro atoms. The number of anilines is 1. The van der Waals surface area contributed by atoms with Crippen molar-refractivity contribution in [3.05, 3.63) is 53.2 Å². The number of hydrogen-bond donors (Lipinski definition) is 4. The Balaban J connectivity index is 1.92. The highest BCUT2D eigenvalue weighted by Crippen LogP contribution is 2.35. The summed E-state index contributed by atoms with van der Waals surface area (Å²) >= 11 is 0. The van der Waals surface area contributed by atoms with Crippen molar-refractivity contribution in [1.29, 1.82) is 5.26 Å². The number of guanidine groups is 1. The zero-order valence-electron chi connectivity index (χ0n) is 17.9. The van der Waals surface area contributed by atoms with E-state index in [1.807, 2.05) is 10.8 Å². The number of nitrogens with two attached hydrogens (primary N) is 1. The third-order valence-corrected chi connectivity index (χ3v) is 7.82. The highest BCUT2D eigenvalue weighted by Gasteiger charge is 2.44. The van der Waals surface area contributed by atoms with Crippen LogP contribution in [0.25, 0.3) is 0 Å². The van der Waals surface area contributed by atoms with E-state index in [1.54, 1.807) is 0 Å². The van der Waals surface area contributed by atoms with Gasteiger partial charge in [0.2, 0.25) is 5.96 Å². The van der Waals surface area contributed by atoms with Crippen molar-refractivity contribution >= 4 is 28.0 Å². The lowest BCUT2D eigenvalue weighted by Crippen LogP contribution is -2.60. The van der Waals surface area contributed by atoms with Crippen LogP contribution in [0.2, 0.25) is 0 Å². The third kappa shape index (κ3) is 5.29. The van der Waals surface area contributed by atoms with Crippen molar-refractivity contribution in [2.75, 3.05) is 24.7 Å². The quantitative estimate of drug-likeness (QED) is 0.358. The summed E-state index contributed by atoms with van der Waals surface area (Å²) in [6, 6.07) is 6.70. The smallest absolute Gasteiger partial charge is 0.369 e. The van der Waals surface area contributed by atoms with Gasteiger partial charge in [-0.05, 0) is 31.2 Å². The van der Waals surface area contributed by atoms with Gasteiger partial charge >= 0.3 is 6.18 Å². The Kier molecular flexibility index (Phi) is 6.58. The van der Waals surface area contributed by atoms with Crippen LogP contribution in [0.1, 0.15) is 28.7 Å². The predicted octanol–water partition coefficient (Wildman–Crippen LogP) is 1.21. The fourth-order valence-corrected chi connectivity index (χ4v) is 5.61.